The van der Waals surface area contributed by atoms with Crippen molar-refractivity contribution in [1.82, 2.24) is 13.5 Å². The summed E-state index contributed by atoms with van der Waals surface area (Å²) in [4.78, 5) is 4.49. The van der Waals surface area contributed by atoms with Crippen molar-refractivity contribution in [2.24, 2.45) is 0 Å². The molecule has 0 amide bonds. The first kappa shape index (κ1) is 26.2. The summed E-state index contributed by atoms with van der Waals surface area (Å²) >= 11 is 6.14. The third-order valence-electron chi connectivity index (χ3n) is 6.60. The highest BCUT2D eigenvalue weighted by molar-refractivity contribution is 7.89. The van der Waals surface area contributed by atoms with Gasteiger partial charge in [-0.2, -0.15) is 8.61 Å². The number of anilines is 1. The number of halogens is 1. The van der Waals surface area contributed by atoms with Crippen molar-refractivity contribution in [3.8, 4) is 5.75 Å². The van der Waals surface area contributed by atoms with Gasteiger partial charge in [0.2, 0.25) is 20.0 Å². The second kappa shape index (κ2) is 10.6. The smallest absolute Gasteiger partial charge is 0.244 e. The second-order valence-electron chi connectivity index (χ2n) is 8.49. The van der Waals surface area contributed by atoms with E-state index < -0.39 is 20.0 Å². The first-order valence-corrected chi connectivity index (χ1v) is 14.8. The van der Waals surface area contributed by atoms with Crippen LogP contribution in [0.25, 0.3) is 0 Å². The Labute approximate surface area is 212 Å². The number of likely N-dealkylation sites (N-methyl/N-ethyl adjacent to an activating group) is 1. The van der Waals surface area contributed by atoms with Gasteiger partial charge in [0.05, 0.1) is 22.7 Å². The highest BCUT2D eigenvalue weighted by Crippen LogP contribution is 2.34. The third kappa shape index (κ3) is 5.30. The Bertz CT molecular complexity index is 1260. The van der Waals surface area contributed by atoms with Gasteiger partial charge in [-0.3, -0.25) is 0 Å². The number of rotatable bonds is 7. The van der Waals surface area contributed by atoms with Gasteiger partial charge < -0.3 is 14.5 Å². The molecule has 0 bridgehead atoms. The number of methoxy groups -OCH3 is 1. The number of ether oxygens (including phenoxy) is 1. The maximum absolute atomic E-state index is 13.3. The highest BCUT2D eigenvalue weighted by Gasteiger charge is 2.32. The molecule has 35 heavy (non-hydrogen) atoms. The maximum Gasteiger partial charge on any atom is 0.244 e. The van der Waals surface area contributed by atoms with Crippen LogP contribution in [0.1, 0.15) is 6.92 Å². The zero-order valence-electron chi connectivity index (χ0n) is 19.9. The molecule has 0 aliphatic carbocycles. The molecule has 0 radical (unpaired) electrons. The van der Waals surface area contributed by atoms with Crippen molar-refractivity contribution in [2.75, 3.05) is 70.9 Å². The van der Waals surface area contributed by atoms with Gasteiger partial charge in [0.1, 0.15) is 10.6 Å². The van der Waals surface area contributed by atoms with E-state index in [1.54, 1.807) is 36.4 Å². The van der Waals surface area contributed by atoms with E-state index in [0.29, 0.717) is 50.7 Å². The molecule has 2 fully saturated rings. The lowest BCUT2D eigenvalue weighted by Gasteiger charge is -2.36. The first-order valence-electron chi connectivity index (χ1n) is 11.6. The molecule has 0 atom stereocenters. The Morgan fingerprint density at radius 1 is 0.829 bits per heavy atom. The van der Waals surface area contributed by atoms with Crippen LogP contribution in [0.3, 0.4) is 0 Å². The Balaban J connectivity index is 1.53. The van der Waals surface area contributed by atoms with Crippen molar-refractivity contribution in [3.05, 3.63) is 47.5 Å². The molecule has 2 heterocycles. The summed E-state index contributed by atoms with van der Waals surface area (Å²) in [5.41, 5.74) is 0.635. The summed E-state index contributed by atoms with van der Waals surface area (Å²) in [5, 5.41) is 0.189. The lowest BCUT2D eigenvalue weighted by atomic mass is 10.2. The average molecular weight is 543 g/mol. The molecular formula is C23H31ClN4O5S2. The fraction of sp³-hybridized carbons (Fsp3) is 0.478. The molecular weight excluding hydrogens is 512 g/mol. The van der Waals surface area contributed by atoms with Crippen LogP contribution in [0.5, 0.6) is 5.75 Å². The lowest BCUT2D eigenvalue weighted by molar-refractivity contribution is 0.196. The lowest BCUT2D eigenvalue weighted by Crippen LogP contribution is -2.49. The number of piperazine rings is 2. The fourth-order valence-electron chi connectivity index (χ4n) is 4.47. The van der Waals surface area contributed by atoms with Gasteiger partial charge in [0, 0.05) is 52.4 Å². The van der Waals surface area contributed by atoms with Crippen LogP contribution in [0.4, 0.5) is 5.69 Å². The monoisotopic (exact) mass is 542 g/mol. The Morgan fingerprint density at radius 2 is 1.43 bits per heavy atom. The molecule has 2 aliphatic rings. The number of sulfonamides is 2. The van der Waals surface area contributed by atoms with Crippen LogP contribution in [0.15, 0.2) is 52.3 Å². The molecule has 12 heteroatoms. The number of hydrogen-bond donors (Lipinski definition) is 0. The van der Waals surface area contributed by atoms with E-state index in [1.807, 2.05) is 4.90 Å². The van der Waals surface area contributed by atoms with Crippen LogP contribution < -0.4 is 9.64 Å². The highest BCUT2D eigenvalue weighted by atomic mass is 35.5. The van der Waals surface area contributed by atoms with E-state index in [1.165, 1.54) is 21.8 Å². The summed E-state index contributed by atoms with van der Waals surface area (Å²) < 4.78 is 61.3. The van der Waals surface area contributed by atoms with Crippen molar-refractivity contribution in [3.63, 3.8) is 0 Å². The van der Waals surface area contributed by atoms with E-state index in [4.69, 9.17) is 16.3 Å². The van der Waals surface area contributed by atoms with Gasteiger partial charge in [-0.15, -0.1) is 0 Å². The molecule has 9 nitrogen and oxygen atoms in total. The fourth-order valence-corrected chi connectivity index (χ4v) is 7.83. The minimum absolute atomic E-state index is 0.0870. The maximum atomic E-state index is 13.3. The zero-order valence-corrected chi connectivity index (χ0v) is 22.3. The molecule has 0 aromatic heterocycles. The predicted molar refractivity (Wildman–Crippen MR) is 136 cm³/mol. The summed E-state index contributed by atoms with van der Waals surface area (Å²) in [6, 6.07) is 11.3. The van der Waals surface area contributed by atoms with Crippen LogP contribution in [-0.2, 0) is 20.0 Å². The molecule has 0 N–H and O–H groups in total. The largest absolute Gasteiger partial charge is 0.495 e. The quantitative estimate of drug-likeness (QED) is 0.529. The molecule has 2 aromatic rings. The van der Waals surface area contributed by atoms with E-state index in [0.717, 1.165) is 6.54 Å². The number of hydrogen-bond acceptors (Lipinski definition) is 7. The summed E-state index contributed by atoms with van der Waals surface area (Å²) in [6.45, 7) is 6.56. The van der Waals surface area contributed by atoms with Gasteiger partial charge in [-0.25, -0.2) is 16.8 Å². The van der Waals surface area contributed by atoms with Crippen LogP contribution in [0, 0.1) is 0 Å². The van der Waals surface area contributed by atoms with Crippen LogP contribution in [0.2, 0.25) is 5.02 Å². The van der Waals surface area contributed by atoms with E-state index in [-0.39, 0.29) is 27.9 Å². The molecule has 2 aliphatic heterocycles. The van der Waals surface area contributed by atoms with Gasteiger partial charge in [0.25, 0.3) is 0 Å². The zero-order chi connectivity index (χ0) is 25.2. The van der Waals surface area contributed by atoms with Gasteiger partial charge in [0.15, 0.2) is 0 Å². The van der Waals surface area contributed by atoms with E-state index in [9.17, 15) is 16.8 Å². The summed E-state index contributed by atoms with van der Waals surface area (Å²) in [7, 11) is -5.84. The Hall–Kier alpha value is -1.89. The Morgan fingerprint density at radius 3 is 2.03 bits per heavy atom. The van der Waals surface area contributed by atoms with Crippen LogP contribution in [-0.4, -0.2) is 96.4 Å². The molecule has 0 unspecified atom stereocenters. The van der Waals surface area contributed by atoms with Crippen molar-refractivity contribution in [1.29, 1.82) is 0 Å². The number of benzene rings is 2. The molecule has 2 saturated heterocycles. The first-order chi connectivity index (χ1) is 16.7. The minimum atomic E-state index is -3.73. The van der Waals surface area contributed by atoms with Crippen molar-refractivity contribution in [2.45, 2.75) is 16.7 Å². The second-order valence-corrected chi connectivity index (χ2v) is 12.7. The summed E-state index contributed by atoms with van der Waals surface area (Å²) in [6.07, 6.45) is 0. The third-order valence-corrected chi connectivity index (χ3v) is 10.9. The van der Waals surface area contributed by atoms with Gasteiger partial charge >= 0.3 is 0 Å². The molecule has 4 rings (SSSR count). The molecule has 192 valence electrons. The molecule has 2 aromatic carbocycles. The van der Waals surface area contributed by atoms with Crippen LogP contribution >= 0.6 is 11.6 Å². The number of nitrogens with zero attached hydrogens (tertiary/aromatic N) is 4. The molecule has 0 spiro atoms. The normalized spacial score (nSPS) is 19.1. The van der Waals surface area contributed by atoms with Crippen molar-refractivity contribution >= 4 is 37.3 Å². The summed E-state index contributed by atoms with van der Waals surface area (Å²) in [5.74, 6) is 0.544. The SMILES string of the molecule is CCN1CCN(S(=O)(=O)c2ccc(OC)c(N3CCN(S(=O)(=O)c4ccccc4Cl)CC3)c2)CC1. The van der Waals surface area contributed by atoms with E-state index in [2.05, 4.69) is 11.8 Å². The average Bonchev–Trinajstić information content (AvgIpc) is 2.88. The van der Waals surface area contributed by atoms with Gasteiger partial charge in [-0.05, 0) is 36.9 Å². The minimum Gasteiger partial charge on any atom is -0.495 e. The van der Waals surface area contributed by atoms with Crippen molar-refractivity contribution < 1.29 is 21.6 Å². The van der Waals surface area contributed by atoms with Gasteiger partial charge in [-0.1, -0.05) is 30.7 Å². The molecule has 0 saturated carbocycles. The van der Waals surface area contributed by atoms with E-state index >= 15 is 0 Å². The Kier molecular flexibility index (Phi) is 7.94. The predicted octanol–water partition coefficient (Wildman–Crippen LogP) is 2.19. The standard InChI is InChI=1S/C23H31ClN4O5S2/c1-3-25-10-14-27(15-11-25)34(29,30)19-8-9-22(33-2)21(18-19)26-12-16-28(17-13-26)35(31,32)23-7-5-4-6-20(23)24/h4-9,18H,3,10-17H2,1-2H3. The topological polar surface area (TPSA) is 90.5 Å².